The summed E-state index contributed by atoms with van der Waals surface area (Å²) in [5.74, 6) is -0.711. The second kappa shape index (κ2) is 18.4. The van der Waals surface area contributed by atoms with Gasteiger partial charge in [-0.1, -0.05) is 104 Å². The summed E-state index contributed by atoms with van der Waals surface area (Å²) >= 11 is 0. The van der Waals surface area contributed by atoms with Crippen molar-refractivity contribution in [2.24, 2.45) is 5.92 Å². The van der Waals surface area contributed by atoms with Crippen LogP contribution in [0.5, 0.6) is 0 Å². The molecule has 232 valence electrons. The predicted octanol–water partition coefficient (Wildman–Crippen LogP) is 4.49. The third-order valence-electron chi connectivity index (χ3n) is 7.51. The maximum absolute atomic E-state index is 14.0. The fourth-order valence-electron chi connectivity index (χ4n) is 5.15. The van der Waals surface area contributed by atoms with Gasteiger partial charge in [-0.15, -0.1) is 0 Å². The van der Waals surface area contributed by atoms with E-state index in [2.05, 4.69) is 16.0 Å². The summed E-state index contributed by atoms with van der Waals surface area (Å²) in [6, 6.07) is 27.6. The van der Waals surface area contributed by atoms with Crippen molar-refractivity contribution in [1.82, 2.24) is 16.0 Å². The van der Waals surface area contributed by atoms with E-state index in [1.807, 2.05) is 91.0 Å². The fraction of sp³-hybridized carbons (Fsp3) is 0.382. The lowest BCUT2D eigenvalue weighted by molar-refractivity contribution is -0.136. The molecule has 1 aliphatic rings. The molecule has 1 aliphatic carbocycles. The lowest BCUT2D eigenvalue weighted by Crippen LogP contribution is -2.63. The van der Waals surface area contributed by atoms with E-state index in [0.717, 1.165) is 56.6 Å². The normalized spacial score (nSPS) is 14.5. The number of rotatable bonds is 10. The topological polar surface area (TPSA) is 137 Å². The minimum absolute atomic E-state index is 0.0223. The second-order valence-corrected chi connectivity index (χ2v) is 10.3. The Hall–Kier alpha value is -4.21. The number of benzene rings is 3. The largest absolute Gasteiger partial charge is 0.445 e. The van der Waals surface area contributed by atoms with Gasteiger partial charge in [-0.05, 0) is 49.3 Å². The van der Waals surface area contributed by atoms with Crippen molar-refractivity contribution in [2.45, 2.75) is 63.8 Å². The van der Waals surface area contributed by atoms with Gasteiger partial charge in [0.15, 0.2) is 0 Å². The number of aliphatic hydroxyl groups is 2. The van der Waals surface area contributed by atoms with Crippen LogP contribution in [0.1, 0.15) is 62.3 Å². The molecule has 0 aliphatic heterocycles. The molecule has 2 atom stereocenters. The van der Waals surface area contributed by atoms with Crippen molar-refractivity contribution in [3.8, 4) is 0 Å². The Kier molecular flexibility index (Phi) is 14.9. The van der Waals surface area contributed by atoms with Gasteiger partial charge >= 0.3 is 6.09 Å². The smallest absolute Gasteiger partial charge is 0.408 e. The zero-order valence-corrected chi connectivity index (χ0v) is 25.5. The molecule has 0 spiro atoms. The van der Waals surface area contributed by atoms with Crippen molar-refractivity contribution in [3.63, 3.8) is 0 Å². The summed E-state index contributed by atoms with van der Waals surface area (Å²) in [6.07, 6.45) is 2.99. The van der Waals surface area contributed by atoms with Crippen LogP contribution in [-0.4, -0.2) is 53.9 Å². The molecule has 0 unspecified atom stereocenters. The second-order valence-electron chi connectivity index (χ2n) is 10.3. The van der Waals surface area contributed by atoms with Gasteiger partial charge in [0.05, 0.1) is 6.04 Å². The van der Waals surface area contributed by atoms with E-state index in [4.69, 9.17) is 14.9 Å². The van der Waals surface area contributed by atoms with E-state index < -0.39 is 23.6 Å². The molecular formula is C34H45N3O6. The lowest BCUT2D eigenvalue weighted by atomic mass is 9.82. The third kappa shape index (κ3) is 10.2. The van der Waals surface area contributed by atoms with Crippen molar-refractivity contribution in [3.05, 3.63) is 108 Å². The van der Waals surface area contributed by atoms with Crippen LogP contribution in [0.25, 0.3) is 0 Å². The average Bonchev–Trinajstić information content (AvgIpc) is 3.62. The number of hydrogen-bond acceptors (Lipinski definition) is 6. The first-order chi connectivity index (χ1) is 20.9. The first kappa shape index (κ1) is 35.0. The van der Waals surface area contributed by atoms with Crippen molar-refractivity contribution in [2.75, 3.05) is 14.2 Å². The first-order valence-corrected chi connectivity index (χ1v) is 14.5. The van der Waals surface area contributed by atoms with E-state index >= 15 is 0 Å². The zero-order valence-electron chi connectivity index (χ0n) is 25.5. The van der Waals surface area contributed by atoms with Gasteiger partial charge in [-0.2, -0.15) is 0 Å². The van der Waals surface area contributed by atoms with Gasteiger partial charge < -0.3 is 30.9 Å². The number of nitrogens with one attached hydrogen (secondary N) is 3. The van der Waals surface area contributed by atoms with Crippen LogP contribution < -0.4 is 16.0 Å². The summed E-state index contributed by atoms with van der Waals surface area (Å²) in [5, 5.41) is 22.8. The van der Waals surface area contributed by atoms with Gasteiger partial charge in [0.2, 0.25) is 11.8 Å². The molecule has 0 saturated heterocycles. The van der Waals surface area contributed by atoms with Gasteiger partial charge in [-0.25, -0.2) is 4.79 Å². The maximum Gasteiger partial charge on any atom is 0.408 e. The number of aliphatic hydroxyl groups excluding tert-OH is 2. The van der Waals surface area contributed by atoms with E-state index in [0.29, 0.717) is 0 Å². The summed E-state index contributed by atoms with van der Waals surface area (Å²) in [5.41, 5.74) is 1.60. The molecule has 5 N–H and O–H groups in total. The van der Waals surface area contributed by atoms with E-state index in [1.54, 1.807) is 13.8 Å². The number of amides is 3. The van der Waals surface area contributed by atoms with Crippen LogP contribution in [0.2, 0.25) is 0 Å². The molecule has 0 bridgehead atoms. The van der Waals surface area contributed by atoms with Gasteiger partial charge in [-0.3, -0.25) is 9.59 Å². The summed E-state index contributed by atoms with van der Waals surface area (Å²) in [7, 11) is 2.00. The SMILES string of the molecule is CO.CO.C[C@H](NC(=O)OCc1ccccc1)C(=O)N[C@@](C)(C(=O)NC(c1ccccc1)c1ccccc1)C1CCCC1. The van der Waals surface area contributed by atoms with Crippen LogP contribution in [0, 0.1) is 5.92 Å². The number of carbonyl (C=O) groups is 3. The molecule has 43 heavy (non-hydrogen) atoms. The molecular weight excluding hydrogens is 546 g/mol. The zero-order chi connectivity index (χ0) is 31.7. The molecule has 0 aromatic heterocycles. The number of alkyl carbamates (subject to hydrolysis) is 1. The Bertz CT molecular complexity index is 1200. The summed E-state index contributed by atoms with van der Waals surface area (Å²) in [4.78, 5) is 39.7. The predicted molar refractivity (Wildman–Crippen MR) is 167 cm³/mol. The van der Waals surface area contributed by atoms with Crippen molar-refractivity contribution < 1.29 is 29.3 Å². The number of ether oxygens (including phenoxy) is 1. The molecule has 9 heteroatoms. The fourth-order valence-corrected chi connectivity index (χ4v) is 5.15. The van der Waals surface area contributed by atoms with Crippen molar-refractivity contribution in [1.29, 1.82) is 0 Å². The molecule has 4 rings (SSSR count). The molecule has 1 fully saturated rings. The molecule has 3 aromatic rings. The first-order valence-electron chi connectivity index (χ1n) is 14.5. The Morgan fingerprint density at radius 2 is 1.26 bits per heavy atom. The Morgan fingerprint density at radius 3 is 1.74 bits per heavy atom. The lowest BCUT2D eigenvalue weighted by Gasteiger charge is -2.37. The van der Waals surface area contributed by atoms with Crippen LogP contribution in [0.3, 0.4) is 0 Å². The maximum atomic E-state index is 14.0. The highest BCUT2D eigenvalue weighted by molar-refractivity contribution is 5.94. The Labute approximate surface area is 254 Å². The van der Waals surface area contributed by atoms with Crippen LogP contribution in [0.15, 0.2) is 91.0 Å². The van der Waals surface area contributed by atoms with Gasteiger partial charge in [0.1, 0.15) is 18.2 Å². The molecule has 3 aromatic carbocycles. The molecule has 3 amide bonds. The minimum atomic E-state index is -1.15. The average molecular weight is 592 g/mol. The standard InChI is InChI=1S/C32H37N3O4.2CH4O/c1-23(33-31(38)39-22-24-14-6-3-7-15-24)29(36)35-32(2,27-20-12-13-21-27)30(37)34-28(25-16-8-4-9-17-25)26-18-10-5-11-19-26;2*1-2/h3-11,14-19,23,27-28H,12-13,20-22H2,1-2H3,(H,33,38)(H,34,37)(H,35,36);2*2H,1H3/t23-,32+;;/m0../s1. The van der Waals surface area contributed by atoms with Gasteiger partial charge in [0, 0.05) is 14.2 Å². The van der Waals surface area contributed by atoms with E-state index in [-0.39, 0.29) is 24.5 Å². The van der Waals surface area contributed by atoms with Gasteiger partial charge in [0.25, 0.3) is 0 Å². The van der Waals surface area contributed by atoms with E-state index in [1.165, 1.54) is 0 Å². The highest BCUT2D eigenvalue weighted by atomic mass is 16.5. The summed E-state index contributed by atoms with van der Waals surface area (Å²) in [6.45, 7) is 3.48. The third-order valence-corrected chi connectivity index (χ3v) is 7.51. The van der Waals surface area contributed by atoms with E-state index in [9.17, 15) is 14.4 Å². The minimum Gasteiger partial charge on any atom is -0.445 e. The highest BCUT2D eigenvalue weighted by Gasteiger charge is 2.45. The van der Waals surface area contributed by atoms with Crippen LogP contribution >= 0.6 is 0 Å². The monoisotopic (exact) mass is 591 g/mol. The Morgan fingerprint density at radius 1 is 0.791 bits per heavy atom. The number of carbonyl (C=O) groups excluding carboxylic acids is 3. The number of hydrogen-bond donors (Lipinski definition) is 5. The Balaban J connectivity index is 0.00000155. The summed E-state index contributed by atoms with van der Waals surface area (Å²) < 4.78 is 5.27. The molecule has 0 heterocycles. The van der Waals surface area contributed by atoms with Crippen LogP contribution in [0.4, 0.5) is 4.79 Å². The van der Waals surface area contributed by atoms with Crippen molar-refractivity contribution >= 4 is 17.9 Å². The highest BCUT2D eigenvalue weighted by Crippen LogP contribution is 2.35. The molecule has 1 saturated carbocycles. The van der Waals surface area contributed by atoms with Crippen LogP contribution in [-0.2, 0) is 20.9 Å². The molecule has 0 radical (unpaired) electrons. The quantitative estimate of drug-likeness (QED) is 0.236. The molecule has 9 nitrogen and oxygen atoms in total.